The molecule has 10 aromatic rings. The van der Waals surface area contributed by atoms with E-state index in [2.05, 4.69) is 254 Å². The lowest BCUT2D eigenvalue weighted by atomic mass is 10.0. The Hall–Kier alpha value is -7.62. The van der Waals surface area contributed by atoms with E-state index in [9.17, 15) is 0 Å². The highest BCUT2D eigenvalue weighted by Crippen LogP contribution is 2.40. The molecule has 0 N–H and O–H groups in total. The molecule has 0 aliphatic heterocycles. The predicted molar refractivity (Wildman–Crippen MR) is 278 cm³/mol. The third kappa shape index (κ3) is 8.71. The third-order valence-corrected chi connectivity index (χ3v) is 12.8. The van der Waals surface area contributed by atoms with Crippen LogP contribution in [0.1, 0.15) is 49.3 Å². The van der Waals surface area contributed by atoms with Crippen LogP contribution in [0.25, 0.3) is 49.7 Å². The standard InChI is InChI=1S/C62H55N3/c1-4-5-6-8-13-47-22-35-55(36-23-47)63(53-31-18-45(2)19-32-53)56-37-24-48(25-38-56)49-26-39-57(40-27-49)64(54-33-20-46(3)21-34-54)58-41-28-50(29-42-58)51-30-43-62-60(44-51)59-16-11-12-17-61(59)65(62)52-14-9-7-10-15-52/h7,9-12,14-44H,4-6,8,13H2,1-3H3. The molecule has 10 rings (SSSR count). The fraction of sp³-hybridized carbons (Fsp3) is 0.129. The van der Waals surface area contributed by atoms with Crippen LogP contribution >= 0.6 is 0 Å². The Labute approximate surface area is 384 Å². The Morgan fingerprint density at radius 3 is 1.28 bits per heavy atom. The van der Waals surface area contributed by atoms with Crippen molar-refractivity contribution in [3.05, 3.63) is 235 Å². The summed E-state index contributed by atoms with van der Waals surface area (Å²) in [5, 5.41) is 2.51. The first-order chi connectivity index (χ1) is 32.0. The summed E-state index contributed by atoms with van der Waals surface area (Å²) in [5.74, 6) is 0. The number of para-hydroxylation sites is 2. The van der Waals surface area contributed by atoms with Gasteiger partial charge in [-0.05, 0) is 158 Å². The second-order valence-corrected chi connectivity index (χ2v) is 17.4. The highest BCUT2D eigenvalue weighted by molar-refractivity contribution is 6.10. The van der Waals surface area contributed by atoms with Crippen molar-refractivity contribution in [2.75, 3.05) is 9.80 Å². The van der Waals surface area contributed by atoms with Gasteiger partial charge in [0.1, 0.15) is 0 Å². The van der Waals surface area contributed by atoms with Crippen LogP contribution in [0.2, 0.25) is 0 Å². The predicted octanol–water partition coefficient (Wildman–Crippen LogP) is 17.8. The van der Waals surface area contributed by atoms with Gasteiger partial charge in [-0.25, -0.2) is 0 Å². The number of benzene rings is 9. The minimum atomic E-state index is 1.11. The molecule has 318 valence electrons. The van der Waals surface area contributed by atoms with E-state index in [1.54, 1.807) is 0 Å². The van der Waals surface area contributed by atoms with Crippen molar-refractivity contribution in [2.45, 2.75) is 52.9 Å². The Kier molecular flexibility index (Phi) is 11.9. The first kappa shape index (κ1) is 41.4. The minimum absolute atomic E-state index is 1.11. The molecule has 0 saturated carbocycles. The molecular weight excluding hydrogens is 787 g/mol. The molecule has 3 heteroatoms. The van der Waals surface area contributed by atoms with Gasteiger partial charge in [0.15, 0.2) is 0 Å². The van der Waals surface area contributed by atoms with E-state index in [0.717, 1.165) is 34.9 Å². The largest absolute Gasteiger partial charge is 0.311 e. The van der Waals surface area contributed by atoms with E-state index in [1.807, 2.05) is 0 Å². The van der Waals surface area contributed by atoms with Gasteiger partial charge in [-0.1, -0.05) is 153 Å². The van der Waals surface area contributed by atoms with Crippen LogP contribution in [0, 0.1) is 13.8 Å². The fourth-order valence-electron chi connectivity index (χ4n) is 9.27. The number of hydrogen-bond donors (Lipinski definition) is 0. The number of nitrogens with zero attached hydrogens (tertiary/aromatic N) is 3. The molecular formula is C62H55N3. The number of aromatic nitrogens is 1. The van der Waals surface area contributed by atoms with Crippen molar-refractivity contribution in [3.8, 4) is 27.9 Å². The second kappa shape index (κ2) is 18.6. The summed E-state index contributed by atoms with van der Waals surface area (Å²) in [6.45, 7) is 6.56. The summed E-state index contributed by atoms with van der Waals surface area (Å²) < 4.78 is 2.37. The van der Waals surface area contributed by atoms with Crippen LogP contribution < -0.4 is 9.80 Å². The Balaban J connectivity index is 0.927. The molecule has 1 heterocycles. The van der Waals surface area contributed by atoms with Crippen molar-refractivity contribution in [1.82, 2.24) is 4.57 Å². The average Bonchev–Trinajstić information content (AvgIpc) is 3.69. The Bertz CT molecular complexity index is 3150. The minimum Gasteiger partial charge on any atom is -0.311 e. The topological polar surface area (TPSA) is 11.4 Å². The molecule has 65 heavy (non-hydrogen) atoms. The number of hydrogen-bond acceptors (Lipinski definition) is 2. The maximum absolute atomic E-state index is 2.37. The van der Waals surface area contributed by atoms with Crippen molar-refractivity contribution in [3.63, 3.8) is 0 Å². The molecule has 1 aromatic heterocycles. The van der Waals surface area contributed by atoms with Gasteiger partial charge in [0.25, 0.3) is 0 Å². The van der Waals surface area contributed by atoms with Crippen molar-refractivity contribution < 1.29 is 0 Å². The molecule has 0 spiro atoms. The van der Waals surface area contributed by atoms with Crippen molar-refractivity contribution >= 4 is 55.9 Å². The number of rotatable bonds is 14. The average molecular weight is 842 g/mol. The van der Waals surface area contributed by atoms with Gasteiger partial charge in [0.2, 0.25) is 0 Å². The number of aryl methyl sites for hydroxylation is 3. The molecule has 0 amide bonds. The summed E-state index contributed by atoms with van der Waals surface area (Å²) in [4.78, 5) is 4.71. The van der Waals surface area contributed by atoms with E-state index in [0.29, 0.717) is 0 Å². The molecule has 0 unspecified atom stereocenters. The van der Waals surface area contributed by atoms with E-state index in [4.69, 9.17) is 0 Å². The zero-order chi connectivity index (χ0) is 44.1. The maximum Gasteiger partial charge on any atom is 0.0541 e. The van der Waals surface area contributed by atoms with Gasteiger partial charge in [-0.2, -0.15) is 0 Å². The highest BCUT2D eigenvalue weighted by atomic mass is 15.1. The lowest BCUT2D eigenvalue weighted by Crippen LogP contribution is -2.10. The van der Waals surface area contributed by atoms with Crippen LogP contribution in [0.5, 0.6) is 0 Å². The smallest absolute Gasteiger partial charge is 0.0541 e. The Morgan fingerprint density at radius 1 is 0.354 bits per heavy atom. The zero-order valence-corrected chi connectivity index (χ0v) is 37.7. The van der Waals surface area contributed by atoms with E-state index in [1.165, 1.54) is 97.8 Å². The lowest BCUT2D eigenvalue weighted by Gasteiger charge is -2.26. The molecule has 9 aromatic carbocycles. The first-order valence-electron chi connectivity index (χ1n) is 23.2. The SMILES string of the molecule is CCCCCCc1ccc(N(c2ccc(C)cc2)c2ccc(-c3ccc(N(c4ccc(C)cc4)c4ccc(-c5ccc6c(c5)c5ccccc5n6-c5ccccc5)cc4)cc3)cc2)cc1. The van der Waals surface area contributed by atoms with Gasteiger partial charge in [-0.3, -0.25) is 0 Å². The third-order valence-electron chi connectivity index (χ3n) is 12.8. The second-order valence-electron chi connectivity index (χ2n) is 17.4. The monoisotopic (exact) mass is 841 g/mol. The maximum atomic E-state index is 2.37. The van der Waals surface area contributed by atoms with Crippen LogP contribution in [-0.2, 0) is 6.42 Å². The number of fused-ring (bicyclic) bond motifs is 3. The molecule has 0 radical (unpaired) electrons. The molecule has 0 saturated heterocycles. The molecule has 0 bridgehead atoms. The first-order valence-corrected chi connectivity index (χ1v) is 23.2. The van der Waals surface area contributed by atoms with Crippen molar-refractivity contribution in [2.24, 2.45) is 0 Å². The van der Waals surface area contributed by atoms with E-state index >= 15 is 0 Å². The molecule has 3 nitrogen and oxygen atoms in total. The van der Waals surface area contributed by atoms with Gasteiger partial charge in [0.05, 0.1) is 11.0 Å². The molecule has 0 aliphatic carbocycles. The molecule has 0 atom stereocenters. The molecule has 0 fully saturated rings. The summed E-state index contributed by atoms with van der Waals surface area (Å²) >= 11 is 0. The van der Waals surface area contributed by atoms with Gasteiger partial charge >= 0.3 is 0 Å². The molecule has 0 aliphatic rings. The van der Waals surface area contributed by atoms with E-state index < -0.39 is 0 Å². The van der Waals surface area contributed by atoms with Gasteiger partial charge < -0.3 is 14.4 Å². The highest BCUT2D eigenvalue weighted by Gasteiger charge is 2.17. The zero-order valence-electron chi connectivity index (χ0n) is 37.7. The van der Waals surface area contributed by atoms with Gasteiger partial charge in [-0.15, -0.1) is 0 Å². The Morgan fingerprint density at radius 2 is 0.769 bits per heavy atom. The normalized spacial score (nSPS) is 11.3. The summed E-state index contributed by atoms with van der Waals surface area (Å²) in [6, 6.07) is 80.1. The lowest BCUT2D eigenvalue weighted by molar-refractivity contribution is 0.667. The van der Waals surface area contributed by atoms with E-state index in [-0.39, 0.29) is 0 Å². The van der Waals surface area contributed by atoms with Crippen molar-refractivity contribution in [1.29, 1.82) is 0 Å². The summed E-state index contributed by atoms with van der Waals surface area (Å²) in [6.07, 6.45) is 6.25. The summed E-state index contributed by atoms with van der Waals surface area (Å²) in [7, 11) is 0. The summed E-state index contributed by atoms with van der Waals surface area (Å²) in [5.41, 5.74) is 19.0. The van der Waals surface area contributed by atoms with Crippen LogP contribution in [0.3, 0.4) is 0 Å². The van der Waals surface area contributed by atoms with Gasteiger partial charge in [0, 0.05) is 50.6 Å². The number of anilines is 6. The quantitative estimate of drug-likeness (QED) is 0.101. The van der Waals surface area contributed by atoms with Crippen LogP contribution in [0.15, 0.2) is 218 Å². The van der Waals surface area contributed by atoms with Crippen LogP contribution in [0.4, 0.5) is 34.1 Å². The fourth-order valence-corrected chi connectivity index (χ4v) is 9.27. The number of unbranched alkanes of at least 4 members (excludes halogenated alkanes) is 3. The van der Waals surface area contributed by atoms with Crippen LogP contribution in [-0.4, -0.2) is 4.57 Å².